The summed E-state index contributed by atoms with van der Waals surface area (Å²) in [6.07, 6.45) is 0. The SMILES string of the molecule is COc1ccc(S(=O)(=O)NCCN2CCOCC2)cc1N. The molecule has 0 radical (unpaired) electrons. The van der Waals surface area contributed by atoms with Crippen molar-refractivity contribution >= 4 is 15.7 Å². The lowest BCUT2D eigenvalue weighted by molar-refractivity contribution is 0.0390. The lowest BCUT2D eigenvalue weighted by Gasteiger charge is -2.26. The van der Waals surface area contributed by atoms with E-state index in [1.807, 2.05) is 0 Å². The highest BCUT2D eigenvalue weighted by Gasteiger charge is 2.16. The fourth-order valence-electron chi connectivity index (χ4n) is 2.13. The number of ether oxygens (including phenoxy) is 2. The highest BCUT2D eigenvalue weighted by atomic mass is 32.2. The fraction of sp³-hybridized carbons (Fsp3) is 0.538. The number of sulfonamides is 1. The van der Waals surface area contributed by atoms with Gasteiger partial charge < -0.3 is 15.2 Å². The normalized spacial score (nSPS) is 16.8. The van der Waals surface area contributed by atoms with Crippen molar-refractivity contribution in [2.45, 2.75) is 4.90 Å². The molecular weight excluding hydrogens is 294 g/mol. The van der Waals surface area contributed by atoms with Crippen LogP contribution in [0.5, 0.6) is 5.75 Å². The van der Waals surface area contributed by atoms with Gasteiger partial charge in [0.2, 0.25) is 10.0 Å². The van der Waals surface area contributed by atoms with Crippen LogP contribution in [0.25, 0.3) is 0 Å². The van der Waals surface area contributed by atoms with Crippen molar-refractivity contribution in [2.24, 2.45) is 0 Å². The molecule has 8 heteroatoms. The van der Waals surface area contributed by atoms with Crippen molar-refractivity contribution in [3.05, 3.63) is 18.2 Å². The Morgan fingerprint density at radius 1 is 1.38 bits per heavy atom. The molecule has 1 fully saturated rings. The molecule has 1 aromatic rings. The highest BCUT2D eigenvalue weighted by molar-refractivity contribution is 7.89. The molecule has 1 heterocycles. The minimum absolute atomic E-state index is 0.141. The summed E-state index contributed by atoms with van der Waals surface area (Å²) in [4.78, 5) is 2.30. The predicted octanol–water partition coefficient (Wildman–Crippen LogP) is -0.112. The number of benzene rings is 1. The molecule has 3 N–H and O–H groups in total. The van der Waals surface area contributed by atoms with E-state index in [1.54, 1.807) is 6.07 Å². The van der Waals surface area contributed by atoms with E-state index in [2.05, 4.69) is 9.62 Å². The average Bonchev–Trinajstić information content (AvgIpc) is 2.48. The average molecular weight is 315 g/mol. The minimum atomic E-state index is -3.55. The number of morpholine rings is 1. The predicted molar refractivity (Wildman–Crippen MR) is 79.9 cm³/mol. The van der Waals surface area contributed by atoms with E-state index in [0.29, 0.717) is 37.7 Å². The summed E-state index contributed by atoms with van der Waals surface area (Å²) in [7, 11) is -2.07. The van der Waals surface area contributed by atoms with Crippen molar-refractivity contribution in [1.82, 2.24) is 9.62 Å². The lowest BCUT2D eigenvalue weighted by Crippen LogP contribution is -2.41. The van der Waals surface area contributed by atoms with Gasteiger partial charge in [-0.2, -0.15) is 0 Å². The molecule has 0 saturated carbocycles. The molecule has 118 valence electrons. The molecule has 1 aliphatic heterocycles. The lowest BCUT2D eigenvalue weighted by atomic mass is 10.3. The maximum Gasteiger partial charge on any atom is 0.240 e. The molecule has 0 spiro atoms. The van der Waals surface area contributed by atoms with Gasteiger partial charge >= 0.3 is 0 Å². The van der Waals surface area contributed by atoms with Crippen molar-refractivity contribution in [2.75, 3.05) is 52.2 Å². The molecule has 7 nitrogen and oxygen atoms in total. The third-order valence-corrected chi connectivity index (χ3v) is 4.79. The van der Waals surface area contributed by atoms with E-state index in [9.17, 15) is 8.42 Å². The Morgan fingerprint density at radius 3 is 2.71 bits per heavy atom. The smallest absolute Gasteiger partial charge is 0.240 e. The Bertz CT molecular complexity index is 571. The molecule has 1 saturated heterocycles. The van der Waals surface area contributed by atoms with E-state index in [1.165, 1.54) is 19.2 Å². The summed E-state index contributed by atoms with van der Waals surface area (Å²) < 4.78 is 37.2. The number of nitrogens with zero attached hydrogens (tertiary/aromatic N) is 1. The van der Waals surface area contributed by atoms with Crippen LogP contribution < -0.4 is 15.2 Å². The summed E-state index contributed by atoms with van der Waals surface area (Å²) in [5.74, 6) is 0.460. The summed E-state index contributed by atoms with van der Waals surface area (Å²) in [6.45, 7) is 4.07. The zero-order valence-electron chi connectivity index (χ0n) is 12.0. The summed E-state index contributed by atoms with van der Waals surface area (Å²) >= 11 is 0. The zero-order valence-corrected chi connectivity index (χ0v) is 12.9. The number of nitrogen functional groups attached to an aromatic ring is 1. The van der Waals surface area contributed by atoms with Crippen LogP contribution in [0.3, 0.4) is 0 Å². The van der Waals surface area contributed by atoms with E-state index in [4.69, 9.17) is 15.2 Å². The van der Waals surface area contributed by atoms with Gasteiger partial charge in [0, 0.05) is 26.2 Å². The quantitative estimate of drug-likeness (QED) is 0.711. The van der Waals surface area contributed by atoms with Crippen molar-refractivity contribution in [3.63, 3.8) is 0 Å². The van der Waals surface area contributed by atoms with Gasteiger partial charge in [-0.25, -0.2) is 13.1 Å². The first-order chi connectivity index (χ1) is 10.0. The second kappa shape index (κ2) is 7.08. The fourth-order valence-corrected chi connectivity index (χ4v) is 3.18. The Hall–Kier alpha value is -1.35. The van der Waals surface area contributed by atoms with Gasteiger partial charge in [-0.15, -0.1) is 0 Å². The summed E-state index contributed by atoms with van der Waals surface area (Å²) in [5, 5.41) is 0. The minimum Gasteiger partial charge on any atom is -0.495 e. The second-order valence-electron chi connectivity index (χ2n) is 4.76. The van der Waals surface area contributed by atoms with Crippen LogP contribution >= 0.6 is 0 Å². The molecule has 21 heavy (non-hydrogen) atoms. The van der Waals surface area contributed by atoms with E-state index >= 15 is 0 Å². The molecular formula is C13H21N3O4S. The van der Waals surface area contributed by atoms with E-state index < -0.39 is 10.0 Å². The zero-order chi connectivity index (χ0) is 15.3. The standard InChI is InChI=1S/C13H21N3O4S/c1-19-13-3-2-11(10-12(13)14)21(17,18)15-4-5-16-6-8-20-9-7-16/h2-3,10,15H,4-9,14H2,1H3. The van der Waals surface area contributed by atoms with Crippen LogP contribution in [-0.2, 0) is 14.8 Å². The number of nitrogens with two attached hydrogens (primary N) is 1. The van der Waals surface area contributed by atoms with Crippen LogP contribution in [0.4, 0.5) is 5.69 Å². The summed E-state index contributed by atoms with van der Waals surface area (Å²) in [6, 6.07) is 4.42. The Kier molecular flexibility index (Phi) is 5.40. The first kappa shape index (κ1) is 16.0. The molecule has 0 atom stereocenters. The van der Waals surface area contributed by atoms with Gasteiger partial charge in [-0.05, 0) is 18.2 Å². The van der Waals surface area contributed by atoms with Gasteiger partial charge in [0.25, 0.3) is 0 Å². The first-order valence-corrected chi connectivity index (χ1v) is 8.24. The van der Waals surface area contributed by atoms with Crippen LogP contribution in [0, 0.1) is 0 Å². The topological polar surface area (TPSA) is 93.9 Å². The van der Waals surface area contributed by atoms with E-state index in [-0.39, 0.29) is 4.90 Å². The maximum absolute atomic E-state index is 12.2. The number of nitrogens with one attached hydrogen (secondary N) is 1. The van der Waals surface area contributed by atoms with Gasteiger partial charge in [-0.1, -0.05) is 0 Å². The second-order valence-corrected chi connectivity index (χ2v) is 6.52. The molecule has 0 unspecified atom stereocenters. The first-order valence-electron chi connectivity index (χ1n) is 6.76. The number of hydrogen-bond donors (Lipinski definition) is 2. The van der Waals surface area contributed by atoms with E-state index in [0.717, 1.165) is 13.1 Å². The third-order valence-electron chi connectivity index (χ3n) is 3.34. The highest BCUT2D eigenvalue weighted by Crippen LogP contribution is 2.24. The molecule has 0 bridgehead atoms. The van der Waals surface area contributed by atoms with Crippen molar-refractivity contribution in [3.8, 4) is 5.75 Å². The Labute approximate surface area is 125 Å². The molecule has 2 rings (SSSR count). The summed E-state index contributed by atoms with van der Waals surface area (Å²) in [5.41, 5.74) is 6.03. The molecule has 0 aromatic heterocycles. The van der Waals surface area contributed by atoms with Gasteiger partial charge in [0.15, 0.2) is 0 Å². The molecule has 1 aromatic carbocycles. The Morgan fingerprint density at radius 2 is 2.10 bits per heavy atom. The Balaban J connectivity index is 1.93. The van der Waals surface area contributed by atoms with Gasteiger partial charge in [-0.3, -0.25) is 4.90 Å². The van der Waals surface area contributed by atoms with Crippen LogP contribution in [-0.4, -0.2) is 59.8 Å². The number of methoxy groups -OCH3 is 1. The van der Waals surface area contributed by atoms with Gasteiger partial charge in [0.05, 0.1) is 30.9 Å². The number of hydrogen-bond acceptors (Lipinski definition) is 6. The monoisotopic (exact) mass is 315 g/mol. The number of anilines is 1. The largest absolute Gasteiger partial charge is 0.495 e. The van der Waals surface area contributed by atoms with Crippen LogP contribution in [0.15, 0.2) is 23.1 Å². The third kappa shape index (κ3) is 4.31. The van der Waals surface area contributed by atoms with Gasteiger partial charge in [0.1, 0.15) is 5.75 Å². The maximum atomic E-state index is 12.2. The number of rotatable bonds is 6. The van der Waals surface area contributed by atoms with Crippen molar-refractivity contribution in [1.29, 1.82) is 0 Å². The van der Waals surface area contributed by atoms with Crippen LogP contribution in [0.2, 0.25) is 0 Å². The van der Waals surface area contributed by atoms with Crippen LogP contribution in [0.1, 0.15) is 0 Å². The van der Waals surface area contributed by atoms with Crippen molar-refractivity contribution < 1.29 is 17.9 Å². The molecule has 0 amide bonds. The molecule has 0 aliphatic carbocycles. The molecule has 1 aliphatic rings.